The van der Waals surface area contributed by atoms with Crippen LogP contribution < -0.4 is 10.5 Å². The fourth-order valence-electron chi connectivity index (χ4n) is 3.11. The molecule has 1 aromatic carbocycles. The predicted octanol–water partition coefficient (Wildman–Crippen LogP) is 5.18. The third kappa shape index (κ3) is 4.13. The van der Waals surface area contributed by atoms with Gasteiger partial charge in [-0.3, -0.25) is 0 Å². The number of hydrogen-bond acceptors (Lipinski definition) is 3. The molecule has 1 heterocycles. The molecule has 1 aromatic heterocycles. The second-order valence-corrected chi connectivity index (χ2v) is 6.06. The molecule has 1 aliphatic rings. The first-order valence-corrected chi connectivity index (χ1v) is 8.19. The van der Waals surface area contributed by atoms with Gasteiger partial charge in [-0.25, -0.2) is 4.98 Å². The van der Waals surface area contributed by atoms with Crippen LogP contribution >= 0.6 is 0 Å². The molecule has 2 aromatic rings. The Morgan fingerprint density at radius 2 is 1.92 bits per heavy atom. The van der Waals surface area contributed by atoms with Gasteiger partial charge in [0.1, 0.15) is 5.75 Å². The van der Waals surface area contributed by atoms with Gasteiger partial charge in [-0.1, -0.05) is 12.1 Å². The van der Waals surface area contributed by atoms with Crippen molar-refractivity contribution in [3.63, 3.8) is 0 Å². The highest BCUT2D eigenvalue weighted by Crippen LogP contribution is 2.35. The number of aryl methyl sites for hydroxylation is 1. The number of halogens is 3. The molecule has 0 fully saturated rings. The van der Waals surface area contributed by atoms with Gasteiger partial charge in [0.25, 0.3) is 0 Å². The molecule has 3 nitrogen and oxygen atoms in total. The van der Waals surface area contributed by atoms with E-state index in [2.05, 4.69) is 4.98 Å². The number of hydrogen-bond donors (Lipinski definition) is 1. The van der Waals surface area contributed by atoms with Crippen molar-refractivity contribution in [3.8, 4) is 11.6 Å². The van der Waals surface area contributed by atoms with Crippen molar-refractivity contribution in [3.05, 3.63) is 65.5 Å². The average Bonchev–Trinajstić information content (AvgIpc) is 2.59. The van der Waals surface area contributed by atoms with Crippen LogP contribution in [0.25, 0.3) is 0 Å². The number of rotatable bonds is 4. The summed E-state index contributed by atoms with van der Waals surface area (Å²) >= 11 is 0. The van der Waals surface area contributed by atoms with Gasteiger partial charge < -0.3 is 10.5 Å². The summed E-state index contributed by atoms with van der Waals surface area (Å²) in [6.07, 6.45) is 3.06. The molecule has 0 saturated carbocycles. The van der Waals surface area contributed by atoms with E-state index in [0.29, 0.717) is 17.5 Å². The molecule has 1 aliphatic carbocycles. The molecule has 0 amide bonds. The fourth-order valence-corrected chi connectivity index (χ4v) is 3.11. The first kappa shape index (κ1) is 17.3. The minimum absolute atomic E-state index is 0.332. The predicted molar refractivity (Wildman–Crippen MR) is 89.4 cm³/mol. The molecule has 0 radical (unpaired) electrons. The van der Waals surface area contributed by atoms with Gasteiger partial charge in [-0.15, -0.1) is 0 Å². The third-order valence-electron chi connectivity index (χ3n) is 4.35. The maximum atomic E-state index is 12.6. The summed E-state index contributed by atoms with van der Waals surface area (Å²) in [5, 5.41) is 0. The number of nitrogens with two attached hydrogens (primary N) is 1. The van der Waals surface area contributed by atoms with Crippen LogP contribution in [0.5, 0.6) is 11.6 Å². The van der Waals surface area contributed by atoms with Crippen LogP contribution in [-0.2, 0) is 12.6 Å². The van der Waals surface area contributed by atoms with E-state index in [1.165, 1.54) is 17.7 Å². The number of allylic oxidation sites excluding steroid dienone is 1. The maximum Gasteiger partial charge on any atom is 0.416 e. The highest BCUT2D eigenvalue weighted by atomic mass is 19.4. The Hall–Kier alpha value is -2.50. The van der Waals surface area contributed by atoms with Gasteiger partial charge in [0.05, 0.1) is 5.56 Å². The Balaban J connectivity index is 1.76. The van der Waals surface area contributed by atoms with Crippen molar-refractivity contribution in [2.45, 2.75) is 37.8 Å². The Bertz CT molecular complexity index is 754. The zero-order valence-corrected chi connectivity index (χ0v) is 13.6. The smallest absolute Gasteiger partial charge is 0.416 e. The van der Waals surface area contributed by atoms with Crippen molar-refractivity contribution in [2.24, 2.45) is 5.73 Å². The summed E-state index contributed by atoms with van der Waals surface area (Å²) in [4.78, 5) is 4.54. The second-order valence-electron chi connectivity index (χ2n) is 6.06. The van der Waals surface area contributed by atoms with Gasteiger partial charge >= 0.3 is 6.18 Å². The van der Waals surface area contributed by atoms with Crippen molar-refractivity contribution in [2.75, 3.05) is 0 Å². The topological polar surface area (TPSA) is 48.1 Å². The SMILES string of the molecule is NC=CCC1CCCc2nc(Oc3ccc(C(F)(F)F)cc3)ccc21. The van der Waals surface area contributed by atoms with Gasteiger partial charge in [-0.2, -0.15) is 13.2 Å². The number of aromatic nitrogens is 1. The van der Waals surface area contributed by atoms with Crippen LogP contribution in [0.4, 0.5) is 13.2 Å². The van der Waals surface area contributed by atoms with Gasteiger partial charge in [-0.05, 0) is 67.6 Å². The molecule has 0 saturated heterocycles. The standard InChI is InChI=1S/C19H19F3N2O/c20-19(21,22)14-6-8-15(9-7-14)25-18-11-10-16-13(4-2-12-23)3-1-5-17(16)24-18/h2,6-13H,1,3-5,23H2. The Labute approximate surface area is 144 Å². The first-order valence-electron chi connectivity index (χ1n) is 8.19. The Morgan fingerprint density at radius 1 is 1.16 bits per heavy atom. The molecule has 3 rings (SSSR count). The number of pyridine rings is 1. The van der Waals surface area contributed by atoms with E-state index in [1.54, 1.807) is 12.3 Å². The monoisotopic (exact) mass is 348 g/mol. The van der Waals surface area contributed by atoms with Crippen molar-refractivity contribution in [1.82, 2.24) is 4.98 Å². The lowest BCUT2D eigenvalue weighted by Gasteiger charge is -2.24. The number of alkyl halides is 3. The van der Waals surface area contributed by atoms with Crippen LogP contribution in [0.3, 0.4) is 0 Å². The molecule has 132 valence electrons. The minimum Gasteiger partial charge on any atom is -0.439 e. The quantitative estimate of drug-likeness (QED) is 0.829. The average molecular weight is 348 g/mol. The summed E-state index contributed by atoms with van der Waals surface area (Å²) < 4.78 is 43.4. The molecule has 25 heavy (non-hydrogen) atoms. The Morgan fingerprint density at radius 3 is 2.60 bits per heavy atom. The maximum absolute atomic E-state index is 12.6. The number of fused-ring (bicyclic) bond motifs is 1. The number of ether oxygens (including phenoxy) is 1. The summed E-state index contributed by atoms with van der Waals surface area (Å²) in [6, 6.07) is 8.38. The molecule has 0 bridgehead atoms. The zero-order valence-electron chi connectivity index (χ0n) is 13.6. The molecule has 0 aliphatic heterocycles. The highest BCUT2D eigenvalue weighted by Gasteiger charge is 2.30. The normalized spacial score (nSPS) is 17.5. The lowest BCUT2D eigenvalue weighted by molar-refractivity contribution is -0.137. The van der Waals surface area contributed by atoms with Crippen LogP contribution in [0.1, 0.15) is 42.0 Å². The lowest BCUT2D eigenvalue weighted by Crippen LogP contribution is -2.11. The summed E-state index contributed by atoms with van der Waals surface area (Å²) in [6.45, 7) is 0. The molecule has 6 heteroatoms. The summed E-state index contributed by atoms with van der Waals surface area (Å²) in [5.74, 6) is 1.13. The molecular weight excluding hydrogens is 329 g/mol. The van der Waals surface area contributed by atoms with Gasteiger partial charge in [0.15, 0.2) is 0 Å². The second kappa shape index (κ2) is 7.17. The van der Waals surface area contributed by atoms with Gasteiger partial charge in [0.2, 0.25) is 5.88 Å². The lowest BCUT2D eigenvalue weighted by atomic mass is 9.83. The number of benzene rings is 1. The van der Waals surface area contributed by atoms with E-state index < -0.39 is 11.7 Å². The Kier molecular flexibility index (Phi) is 4.97. The van der Waals surface area contributed by atoms with Crippen LogP contribution in [0.15, 0.2) is 48.7 Å². The third-order valence-corrected chi connectivity index (χ3v) is 4.35. The van der Waals surface area contributed by atoms with Crippen molar-refractivity contribution < 1.29 is 17.9 Å². The number of nitrogens with zero attached hydrogens (tertiary/aromatic N) is 1. The molecular formula is C19H19F3N2O. The molecule has 1 atom stereocenters. The minimum atomic E-state index is -4.35. The van der Waals surface area contributed by atoms with Crippen LogP contribution in [-0.4, -0.2) is 4.98 Å². The van der Waals surface area contributed by atoms with Crippen molar-refractivity contribution >= 4 is 0 Å². The van der Waals surface area contributed by atoms with E-state index in [1.807, 2.05) is 12.1 Å². The van der Waals surface area contributed by atoms with Crippen LogP contribution in [0, 0.1) is 0 Å². The zero-order chi connectivity index (χ0) is 17.9. The molecule has 1 unspecified atom stereocenters. The molecule has 0 spiro atoms. The highest BCUT2D eigenvalue weighted by molar-refractivity contribution is 5.35. The van der Waals surface area contributed by atoms with E-state index in [0.717, 1.165) is 43.5 Å². The van der Waals surface area contributed by atoms with E-state index >= 15 is 0 Å². The van der Waals surface area contributed by atoms with Crippen molar-refractivity contribution in [1.29, 1.82) is 0 Å². The van der Waals surface area contributed by atoms with Crippen LogP contribution in [0.2, 0.25) is 0 Å². The largest absolute Gasteiger partial charge is 0.439 e. The van der Waals surface area contributed by atoms with Gasteiger partial charge in [0, 0.05) is 11.8 Å². The van der Waals surface area contributed by atoms with E-state index in [9.17, 15) is 13.2 Å². The first-order chi connectivity index (χ1) is 12.0. The fraction of sp³-hybridized carbons (Fsp3) is 0.316. The summed E-state index contributed by atoms with van der Waals surface area (Å²) in [7, 11) is 0. The van der Waals surface area contributed by atoms with E-state index in [4.69, 9.17) is 10.5 Å². The van der Waals surface area contributed by atoms with E-state index in [-0.39, 0.29) is 0 Å². The molecule has 2 N–H and O–H groups in total. The summed E-state index contributed by atoms with van der Waals surface area (Å²) in [5.41, 5.74) is 6.92.